The van der Waals surface area contributed by atoms with E-state index in [-0.39, 0.29) is 0 Å². The summed E-state index contributed by atoms with van der Waals surface area (Å²) in [5, 5.41) is 12.6. The number of nitrogens with one attached hydrogen (secondary N) is 1. The van der Waals surface area contributed by atoms with Crippen molar-refractivity contribution in [2.24, 2.45) is 0 Å². The van der Waals surface area contributed by atoms with Crippen molar-refractivity contribution in [2.45, 2.75) is 32.5 Å². The average molecular weight is 447 g/mol. The summed E-state index contributed by atoms with van der Waals surface area (Å²) >= 11 is 0. The highest BCUT2D eigenvalue weighted by Gasteiger charge is 2.29. The Kier molecular flexibility index (Phi) is 6.33. The molecule has 0 unspecified atom stereocenters. The van der Waals surface area contributed by atoms with Gasteiger partial charge in [-0.3, -0.25) is 0 Å². The van der Waals surface area contributed by atoms with Crippen LogP contribution in [0.15, 0.2) is 71.1 Å². The normalized spacial score (nSPS) is 11.5. The highest BCUT2D eigenvalue weighted by atomic mass is 16.5. The zero-order valence-corrected chi connectivity index (χ0v) is 18.8. The van der Waals surface area contributed by atoms with Crippen LogP contribution in [0.4, 0.5) is 0 Å². The van der Waals surface area contributed by atoms with Gasteiger partial charge < -0.3 is 24.3 Å². The van der Waals surface area contributed by atoms with Crippen LogP contribution in [0, 0.1) is 0 Å². The van der Waals surface area contributed by atoms with E-state index >= 15 is 0 Å². The number of carboxylic acid groups (broad SMARTS) is 1. The zero-order valence-electron chi connectivity index (χ0n) is 18.8. The number of carbonyl (C=O) groups is 1. The van der Waals surface area contributed by atoms with E-state index in [9.17, 15) is 9.90 Å². The molecule has 0 amide bonds. The molecule has 2 N–H and O–H groups in total. The molecule has 1 heterocycles. The number of hydrogen-bond acceptors (Lipinski definition) is 6. The second-order valence-corrected chi connectivity index (χ2v) is 8.17. The Morgan fingerprint density at radius 3 is 2.45 bits per heavy atom. The fourth-order valence-corrected chi connectivity index (χ4v) is 3.38. The number of hydrogen-bond donors (Lipinski definition) is 2. The monoisotopic (exact) mass is 446 g/mol. The summed E-state index contributed by atoms with van der Waals surface area (Å²) in [4.78, 5) is 15.9. The molecule has 0 aliphatic carbocycles. The van der Waals surface area contributed by atoms with Crippen molar-refractivity contribution >= 4 is 17.1 Å². The van der Waals surface area contributed by atoms with Crippen molar-refractivity contribution in [3.63, 3.8) is 0 Å². The molecule has 7 nitrogen and oxygen atoms in total. The second-order valence-electron chi connectivity index (χ2n) is 8.17. The summed E-state index contributed by atoms with van der Waals surface area (Å²) in [6.45, 7) is 4.27. The van der Waals surface area contributed by atoms with Gasteiger partial charge in [0.1, 0.15) is 17.0 Å². The lowest BCUT2D eigenvalue weighted by Crippen LogP contribution is -2.37. The zero-order chi connectivity index (χ0) is 23.4. The number of carboxylic acids is 1. The molecule has 0 radical (unpaired) electrons. The number of aromatic nitrogens is 1. The number of methoxy groups -OCH3 is 1. The number of aliphatic carboxylic acids is 1. The first-order chi connectivity index (χ1) is 15.9. The summed E-state index contributed by atoms with van der Waals surface area (Å²) in [7, 11) is 1.63. The van der Waals surface area contributed by atoms with Gasteiger partial charge in [0.15, 0.2) is 11.2 Å². The fourth-order valence-electron chi connectivity index (χ4n) is 3.38. The summed E-state index contributed by atoms with van der Waals surface area (Å²) in [6.07, 6.45) is 0. The molecule has 0 aliphatic heterocycles. The number of ether oxygens (including phenoxy) is 2. The van der Waals surface area contributed by atoms with E-state index in [0.717, 1.165) is 33.5 Å². The van der Waals surface area contributed by atoms with Gasteiger partial charge in [0.25, 0.3) is 0 Å². The van der Waals surface area contributed by atoms with E-state index < -0.39 is 11.6 Å². The summed E-state index contributed by atoms with van der Waals surface area (Å²) in [5.41, 5.74) is 3.22. The van der Waals surface area contributed by atoms with Gasteiger partial charge in [0.05, 0.1) is 7.11 Å². The molecule has 0 atom stereocenters. The van der Waals surface area contributed by atoms with Gasteiger partial charge in [-0.15, -0.1) is 0 Å². The Morgan fingerprint density at radius 1 is 1.03 bits per heavy atom. The topological polar surface area (TPSA) is 93.8 Å². The molecule has 0 fully saturated rings. The van der Waals surface area contributed by atoms with E-state index in [1.165, 1.54) is 13.8 Å². The molecule has 33 heavy (non-hydrogen) atoms. The second kappa shape index (κ2) is 9.34. The van der Waals surface area contributed by atoms with Crippen LogP contribution >= 0.6 is 0 Å². The van der Waals surface area contributed by atoms with Gasteiger partial charge in [-0.25, -0.2) is 9.78 Å². The Labute approximate surface area is 192 Å². The molecule has 0 aliphatic rings. The van der Waals surface area contributed by atoms with Gasteiger partial charge >= 0.3 is 5.97 Å². The van der Waals surface area contributed by atoms with E-state index in [1.807, 2.05) is 54.6 Å². The van der Waals surface area contributed by atoms with Gasteiger partial charge in [0, 0.05) is 18.7 Å². The predicted molar refractivity (Wildman–Crippen MR) is 125 cm³/mol. The minimum atomic E-state index is -1.28. The van der Waals surface area contributed by atoms with E-state index in [1.54, 1.807) is 19.2 Å². The maximum Gasteiger partial charge on any atom is 0.347 e. The van der Waals surface area contributed by atoms with Crippen molar-refractivity contribution in [3.05, 3.63) is 77.9 Å². The number of benzene rings is 3. The number of rotatable bonds is 9. The van der Waals surface area contributed by atoms with Crippen LogP contribution in [0.3, 0.4) is 0 Å². The number of para-hydroxylation sites is 2. The van der Waals surface area contributed by atoms with Crippen molar-refractivity contribution in [3.8, 4) is 23.0 Å². The SMILES string of the molecule is COc1ccc(CNCc2ccc(OC(C)(C)C(=O)O)cc2)c(-c2nc3ccccc3o2)c1. The molecule has 170 valence electrons. The quantitative estimate of drug-likeness (QED) is 0.372. The Balaban J connectivity index is 1.46. The molecule has 0 bridgehead atoms. The molecular formula is C26H26N2O5. The first kappa shape index (κ1) is 22.4. The average Bonchev–Trinajstić information content (AvgIpc) is 3.24. The third-order valence-corrected chi connectivity index (χ3v) is 5.30. The summed E-state index contributed by atoms with van der Waals surface area (Å²) in [5.74, 6) is 0.785. The van der Waals surface area contributed by atoms with Crippen molar-refractivity contribution in [1.82, 2.24) is 10.3 Å². The lowest BCUT2D eigenvalue weighted by atomic mass is 10.1. The number of fused-ring (bicyclic) bond motifs is 1. The summed E-state index contributed by atoms with van der Waals surface area (Å²) < 4.78 is 16.9. The number of nitrogens with zero attached hydrogens (tertiary/aromatic N) is 1. The standard InChI is InChI=1S/C26H26N2O5/c1-26(2,25(29)30)33-19-11-8-17(9-12-19)15-27-16-18-10-13-20(31-3)14-21(18)24-28-22-6-4-5-7-23(22)32-24/h4-14,27H,15-16H2,1-3H3,(H,29,30). The van der Waals surface area contributed by atoms with Crippen LogP contribution in [0.1, 0.15) is 25.0 Å². The molecule has 4 rings (SSSR count). The maximum atomic E-state index is 11.2. The minimum Gasteiger partial charge on any atom is -0.497 e. The van der Waals surface area contributed by atoms with Gasteiger partial charge in [-0.05, 0) is 61.4 Å². The first-order valence-electron chi connectivity index (χ1n) is 10.6. The Morgan fingerprint density at radius 2 is 1.76 bits per heavy atom. The smallest absolute Gasteiger partial charge is 0.347 e. The van der Waals surface area contributed by atoms with E-state index in [4.69, 9.17) is 13.9 Å². The minimum absolute atomic E-state index is 0.513. The molecule has 7 heteroatoms. The molecule has 0 saturated heterocycles. The summed E-state index contributed by atoms with van der Waals surface area (Å²) in [6, 6.07) is 20.9. The highest BCUT2D eigenvalue weighted by Crippen LogP contribution is 2.30. The molecule has 4 aromatic rings. The molecular weight excluding hydrogens is 420 g/mol. The van der Waals surface area contributed by atoms with Crippen LogP contribution in [0.25, 0.3) is 22.6 Å². The fraction of sp³-hybridized carbons (Fsp3) is 0.231. The van der Waals surface area contributed by atoms with Gasteiger partial charge in [0.2, 0.25) is 5.89 Å². The Bertz CT molecular complexity index is 1230. The predicted octanol–water partition coefficient (Wildman–Crippen LogP) is 5.04. The molecule has 1 aromatic heterocycles. The van der Waals surface area contributed by atoms with Crippen LogP contribution in [0.2, 0.25) is 0 Å². The van der Waals surface area contributed by atoms with Crippen molar-refractivity contribution in [2.75, 3.05) is 7.11 Å². The Hall–Kier alpha value is -3.84. The molecule has 3 aromatic carbocycles. The van der Waals surface area contributed by atoms with Crippen LogP contribution < -0.4 is 14.8 Å². The van der Waals surface area contributed by atoms with Crippen LogP contribution in [-0.4, -0.2) is 28.8 Å². The van der Waals surface area contributed by atoms with Crippen molar-refractivity contribution in [1.29, 1.82) is 0 Å². The van der Waals surface area contributed by atoms with Gasteiger partial charge in [-0.2, -0.15) is 0 Å². The maximum absolute atomic E-state index is 11.2. The number of oxazole rings is 1. The van der Waals surface area contributed by atoms with Gasteiger partial charge in [-0.1, -0.05) is 30.3 Å². The molecule has 0 saturated carbocycles. The largest absolute Gasteiger partial charge is 0.497 e. The lowest BCUT2D eigenvalue weighted by molar-refractivity contribution is -0.152. The lowest BCUT2D eigenvalue weighted by Gasteiger charge is -2.21. The van der Waals surface area contributed by atoms with E-state index in [0.29, 0.717) is 24.7 Å². The van der Waals surface area contributed by atoms with E-state index in [2.05, 4.69) is 10.3 Å². The van der Waals surface area contributed by atoms with Crippen LogP contribution in [0.5, 0.6) is 11.5 Å². The third-order valence-electron chi connectivity index (χ3n) is 5.30. The highest BCUT2D eigenvalue weighted by molar-refractivity contribution is 5.77. The van der Waals surface area contributed by atoms with Crippen molar-refractivity contribution < 1.29 is 23.8 Å². The third kappa shape index (κ3) is 5.15. The first-order valence-corrected chi connectivity index (χ1v) is 10.6. The molecule has 0 spiro atoms. The van der Waals surface area contributed by atoms with Crippen LogP contribution in [-0.2, 0) is 17.9 Å².